The van der Waals surface area contributed by atoms with Crippen LogP contribution in [-0.2, 0) is 0 Å². The van der Waals surface area contributed by atoms with Crippen LogP contribution in [0.5, 0.6) is 0 Å². The van der Waals surface area contributed by atoms with Crippen molar-refractivity contribution in [2.45, 2.75) is 18.9 Å². The molecule has 152 valence electrons. The molecule has 0 aliphatic carbocycles. The highest BCUT2D eigenvalue weighted by molar-refractivity contribution is 5.94. The second-order valence-corrected chi connectivity index (χ2v) is 8.03. The van der Waals surface area contributed by atoms with Crippen molar-refractivity contribution in [2.75, 3.05) is 32.7 Å². The zero-order chi connectivity index (χ0) is 20.2. The lowest BCUT2D eigenvalue weighted by molar-refractivity contribution is 0.0947. The van der Waals surface area contributed by atoms with Crippen molar-refractivity contribution in [2.24, 2.45) is 11.7 Å². The molecule has 2 unspecified atom stereocenters. The van der Waals surface area contributed by atoms with E-state index in [1.54, 1.807) is 0 Å². The van der Waals surface area contributed by atoms with E-state index in [2.05, 4.69) is 17.4 Å². The number of hydrogen-bond acceptors (Lipinski definition) is 3. The van der Waals surface area contributed by atoms with Gasteiger partial charge in [-0.2, -0.15) is 0 Å². The van der Waals surface area contributed by atoms with E-state index in [4.69, 9.17) is 5.73 Å². The fourth-order valence-electron chi connectivity index (χ4n) is 4.12. The van der Waals surface area contributed by atoms with Gasteiger partial charge in [0, 0.05) is 44.3 Å². The summed E-state index contributed by atoms with van der Waals surface area (Å²) in [6.07, 6.45) is 1.79. The lowest BCUT2D eigenvalue weighted by atomic mass is 10.0. The van der Waals surface area contributed by atoms with E-state index in [1.165, 1.54) is 0 Å². The summed E-state index contributed by atoms with van der Waals surface area (Å²) in [5, 5.41) is 3.03. The number of carbonyl (C=O) groups excluding carboxylic acids is 2. The molecule has 6 heteroatoms. The maximum atomic E-state index is 12.6. The minimum atomic E-state index is -0.0695. The molecule has 2 aromatic rings. The number of nitrogens with zero attached hydrogens (tertiary/aromatic N) is 2. The van der Waals surface area contributed by atoms with Crippen LogP contribution in [0.2, 0.25) is 0 Å². The van der Waals surface area contributed by atoms with Gasteiger partial charge in [0.2, 0.25) is 0 Å². The van der Waals surface area contributed by atoms with E-state index in [9.17, 15) is 9.59 Å². The van der Waals surface area contributed by atoms with Gasteiger partial charge in [-0.15, -0.1) is 0 Å². The molecule has 2 heterocycles. The van der Waals surface area contributed by atoms with Gasteiger partial charge in [0.25, 0.3) is 5.91 Å². The molecule has 0 bridgehead atoms. The molecule has 2 saturated heterocycles. The third kappa shape index (κ3) is 4.59. The van der Waals surface area contributed by atoms with E-state index in [-0.39, 0.29) is 18.0 Å². The number of hydrogen-bond donors (Lipinski definition) is 2. The first kappa shape index (κ1) is 19.5. The molecule has 0 saturated carbocycles. The summed E-state index contributed by atoms with van der Waals surface area (Å²) >= 11 is 0. The minimum absolute atomic E-state index is 0.0695. The second-order valence-electron chi connectivity index (χ2n) is 8.03. The topological polar surface area (TPSA) is 78.7 Å². The largest absolute Gasteiger partial charge is 0.352 e. The molecule has 2 aromatic carbocycles. The Hall–Kier alpha value is -2.86. The van der Waals surface area contributed by atoms with Crippen LogP contribution in [0, 0.1) is 5.92 Å². The summed E-state index contributed by atoms with van der Waals surface area (Å²) in [4.78, 5) is 28.8. The Morgan fingerprint density at radius 1 is 0.897 bits per heavy atom. The Kier molecular flexibility index (Phi) is 5.81. The molecule has 4 rings (SSSR count). The van der Waals surface area contributed by atoms with Crippen LogP contribution >= 0.6 is 0 Å². The summed E-state index contributed by atoms with van der Waals surface area (Å²) in [7, 11) is 0. The molecule has 29 heavy (non-hydrogen) atoms. The number of carbonyl (C=O) groups is 2. The highest BCUT2D eigenvalue weighted by Gasteiger charge is 2.32. The predicted molar refractivity (Wildman–Crippen MR) is 113 cm³/mol. The molecule has 2 atom stereocenters. The zero-order valence-corrected chi connectivity index (χ0v) is 16.6. The summed E-state index contributed by atoms with van der Waals surface area (Å²) in [5.74, 6) is 0.225. The van der Waals surface area contributed by atoms with Gasteiger partial charge in [0.15, 0.2) is 0 Å². The van der Waals surface area contributed by atoms with Crippen molar-refractivity contribution in [3.63, 3.8) is 0 Å². The van der Waals surface area contributed by atoms with Crippen LogP contribution in [0.4, 0.5) is 4.79 Å². The minimum Gasteiger partial charge on any atom is -0.352 e. The van der Waals surface area contributed by atoms with Crippen molar-refractivity contribution in [3.05, 3.63) is 60.2 Å². The summed E-state index contributed by atoms with van der Waals surface area (Å²) in [6.45, 7) is 3.42. The smallest absolute Gasteiger partial charge is 0.320 e. The van der Waals surface area contributed by atoms with Gasteiger partial charge in [-0.25, -0.2) is 4.79 Å². The number of rotatable bonds is 4. The van der Waals surface area contributed by atoms with Gasteiger partial charge in [-0.3, -0.25) is 4.79 Å². The number of amides is 3. The zero-order valence-electron chi connectivity index (χ0n) is 16.6. The molecule has 0 radical (unpaired) electrons. The number of likely N-dealkylation sites (tertiary alicyclic amines) is 2. The Bertz CT molecular complexity index is 853. The number of nitrogens with two attached hydrogens (primary N) is 1. The van der Waals surface area contributed by atoms with Crippen molar-refractivity contribution in [1.29, 1.82) is 0 Å². The van der Waals surface area contributed by atoms with Gasteiger partial charge >= 0.3 is 6.03 Å². The Morgan fingerprint density at radius 2 is 1.55 bits per heavy atom. The fourth-order valence-corrected chi connectivity index (χ4v) is 4.12. The standard InChI is InChI=1S/C23H28N4O2/c24-21-11-13-27(16-21)23(29)26-12-10-17(15-26)14-25-22(28)20-8-6-19(7-9-20)18-4-2-1-3-5-18/h1-9,17,21H,10-16,24H2,(H,25,28). The quantitative estimate of drug-likeness (QED) is 0.839. The van der Waals surface area contributed by atoms with E-state index in [0.717, 1.165) is 37.1 Å². The molecular weight excluding hydrogens is 364 g/mol. The van der Waals surface area contributed by atoms with Gasteiger partial charge in [-0.05, 0) is 42.0 Å². The maximum Gasteiger partial charge on any atom is 0.320 e. The number of urea groups is 1. The maximum absolute atomic E-state index is 12.6. The molecule has 6 nitrogen and oxygen atoms in total. The van der Waals surface area contributed by atoms with E-state index >= 15 is 0 Å². The Morgan fingerprint density at radius 3 is 2.24 bits per heavy atom. The first-order chi connectivity index (χ1) is 14.1. The van der Waals surface area contributed by atoms with Crippen LogP contribution in [0.1, 0.15) is 23.2 Å². The molecule has 3 N–H and O–H groups in total. The summed E-state index contributed by atoms with van der Waals surface area (Å²) in [6, 6.07) is 18.0. The number of nitrogens with one attached hydrogen (secondary N) is 1. The fraction of sp³-hybridized carbons (Fsp3) is 0.391. The van der Waals surface area contributed by atoms with Crippen LogP contribution in [-0.4, -0.2) is 60.5 Å². The Labute approximate surface area is 171 Å². The average Bonchev–Trinajstić information content (AvgIpc) is 3.41. The lowest BCUT2D eigenvalue weighted by Gasteiger charge is -2.24. The second kappa shape index (κ2) is 8.66. The summed E-state index contributed by atoms with van der Waals surface area (Å²) in [5.41, 5.74) is 8.79. The molecule has 0 aromatic heterocycles. The van der Waals surface area contributed by atoms with Crippen molar-refractivity contribution in [1.82, 2.24) is 15.1 Å². The van der Waals surface area contributed by atoms with Crippen LogP contribution in [0.3, 0.4) is 0 Å². The van der Waals surface area contributed by atoms with Gasteiger partial charge in [0.05, 0.1) is 0 Å². The van der Waals surface area contributed by atoms with Crippen molar-refractivity contribution >= 4 is 11.9 Å². The third-order valence-electron chi connectivity index (χ3n) is 5.86. The first-order valence-corrected chi connectivity index (χ1v) is 10.3. The van der Waals surface area contributed by atoms with Crippen LogP contribution in [0.25, 0.3) is 11.1 Å². The van der Waals surface area contributed by atoms with Gasteiger partial charge < -0.3 is 20.9 Å². The predicted octanol–water partition coefficient (Wildman–Crippen LogP) is 2.56. The van der Waals surface area contributed by atoms with Crippen LogP contribution in [0.15, 0.2) is 54.6 Å². The summed E-state index contributed by atoms with van der Waals surface area (Å²) < 4.78 is 0. The highest BCUT2D eigenvalue weighted by Crippen LogP contribution is 2.21. The number of benzene rings is 2. The SMILES string of the molecule is NC1CCN(C(=O)N2CCC(CNC(=O)c3ccc(-c4ccccc4)cc3)C2)C1. The monoisotopic (exact) mass is 392 g/mol. The molecular formula is C23H28N4O2. The first-order valence-electron chi connectivity index (χ1n) is 10.3. The van der Waals surface area contributed by atoms with E-state index < -0.39 is 0 Å². The molecule has 2 fully saturated rings. The van der Waals surface area contributed by atoms with Gasteiger partial charge in [0.1, 0.15) is 0 Å². The average molecular weight is 393 g/mol. The van der Waals surface area contributed by atoms with E-state index in [1.807, 2.05) is 52.3 Å². The molecule has 2 aliphatic heterocycles. The molecule has 2 aliphatic rings. The van der Waals surface area contributed by atoms with Gasteiger partial charge in [-0.1, -0.05) is 42.5 Å². The highest BCUT2D eigenvalue weighted by atomic mass is 16.2. The lowest BCUT2D eigenvalue weighted by Crippen LogP contribution is -2.42. The molecule has 3 amide bonds. The van der Waals surface area contributed by atoms with Crippen molar-refractivity contribution in [3.8, 4) is 11.1 Å². The normalized spacial score (nSPS) is 21.4. The van der Waals surface area contributed by atoms with Crippen molar-refractivity contribution < 1.29 is 9.59 Å². The Balaban J connectivity index is 1.26. The third-order valence-corrected chi connectivity index (χ3v) is 5.86. The van der Waals surface area contributed by atoms with E-state index in [0.29, 0.717) is 31.1 Å². The molecule has 0 spiro atoms. The van der Waals surface area contributed by atoms with Crippen LogP contribution < -0.4 is 11.1 Å².